The zero-order valence-electron chi connectivity index (χ0n) is 15.5. The van der Waals surface area contributed by atoms with Gasteiger partial charge < -0.3 is 24.4 Å². The quantitative estimate of drug-likeness (QED) is 0.413. The minimum Gasteiger partial charge on any atom is -0.454 e. The average molecular weight is 404 g/mol. The average Bonchev–Trinajstić information content (AvgIpc) is 3.36. The first kappa shape index (κ1) is 19.7. The third-order valence-corrected chi connectivity index (χ3v) is 4.75. The Morgan fingerprint density at radius 3 is 2.89 bits per heavy atom. The highest BCUT2D eigenvalue weighted by Crippen LogP contribution is 2.32. The van der Waals surface area contributed by atoms with E-state index in [4.69, 9.17) is 19.0 Å². The van der Waals surface area contributed by atoms with E-state index in [1.807, 2.05) is 23.6 Å². The zero-order valence-corrected chi connectivity index (χ0v) is 16.3. The van der Waals surface area contributed by atoms with Crippen molar-refractivity contribution in [3.05, 3.63) is 46.2 Å². The minimum absolute atomic E-state index is 0.191. The van der Waals surface area contributed by atoms with Crippen molar-refractivity contribution in [1.82, 2.24) is 5.32 Å². The van der Waals surface area contributed by atoms with E-state index in [9.17, 15) is 9.59 Å². The fraction of sp³-hybridized carbons (Fsp3) is 0.316. The van der Waals surface area contributed by atoms with Gasteiger partial charge in [-0.05, 0) is 43.5 Å². The van der Waals surface area contributed by atoms with Crippen LogP contribution < -0.4 is 14.8 Å². The summed E-state index contributed by atoms with van der Waals surface area (Å²) >= 11 is 1.54. The number of carbonyl (C=O) groups excluding carboxylic acids is 2. The van der Waals surface area contributed by atoms with E-state index in [1.165, 1.54) is 18.3 Å². The normalized spacial score (nSPS) is 13.7. The van der Waals surface area contributed by atoms with Crippen LogP contribution in [0.5, 0.6) is 11.5 Å². The van der Waals surface area contributed by atoms with Crippen LogP contribution in [0.3, 0.4) is 0 Å². The number of rotatable bonds is 8. The number of amides is 1. The highest BCUT2D eigenvalue weighted by Gasteiger charge is 2.18. The molecule has 1 N–H and O–H groups in total. The Bertz CT molecular complexity index is 865. The lowest BCUT2D eigenvalue weighted by molar-refractivity contribution is -0.159. The van der Waals surface area contributed by atoms with Crippen molar-refractivity contribution >= 4 is 28.9 Å². The van der Waals surface area contributed by atoms with E-state index in [0.717, 1.165) is 10.4 Å². The molecule has 1 aliphatic heterocycles. The summed E-state index contributed by atoms with van der Waals surface area (Å²) < 4.78 is 15.6. The number of thiophene rings is 1. The molecule has 9 heteroatoms. The van der Waals surface area contributed by atoms with Crippen molar-refractivity contribution < 1.29 is 28.6 Å². The summed E-state index contributed by atoms with van der Waals surface area (Å²) in [5.41, 5.74) is 1.34. The molecule has 1 aromatic carbocycles. The number of hydrogen-bond acceptors (Lipinski definition) is 8. The number of ether oxygens (including phenoxy) is 3. The smallest absolute Gasteiger partial charge is 0.347 e. The van der Waals surface area contributed by atoms with Crippen molar-refractivity contribution in [2.75, 3.05) is 13.4 Å². The second-order valence-corrected chi connectivity index (χ2v) is 6.98. The summed E-state index contributed by atoms with van der Waals surface area (Å²) in [6.45, 7) is 3.43. The first-order valence-corrected chi connectivity index (χ1v) is 9.47. The first-order valence-electron chi connectivity index (χ1n) is 8.59. The van der Waals surface area contributed by atoms with Gasteiger partial charge in [0.1, 0.15) is 0 Å². The van der Waals surface area contributed by atoms with Crippen molar-refractivity contribution in [2.24, 2.45) is 5.16 Å². The number of benzene rings is 1. The fourth-order valence-corrected chi connectivity index (χ4v) is 3.02. The van der Waals surface area contributed by atoms with Crippen LogP contribution in [0.1, 0.15) is 24.3 Å². The lowest BCUT2D eigenvalue weighted by Gasteiger charge is -2.12. The van der Waals surface area contributed by atoms with E-state index in [0.29, 0.717) is 23.8 Å². The topological polar surface area (TPSA) is 95.5 Å². The molecule has 8 nitrogen and oxygen atoms in total. The van der Waals surface area contributed by atoms with Crippen LogP contribution in [-0.4, -0.2) is 37.1 Å². The van der Waals surface area contributed by atoms with E-state index in [2.05, 4.69) is 10.5 Å². The summed E-state index contributed by atoms with van der Waals surface area (Å²) in [6, 6.07) is 9.19. The lowest BCUT2D eigenvalue weighted by Crippen LogP contribution is -2.35. The van der Waals surface area contributed by atoms with Gasteiger partial charge in [0.2, 0.25) is 13.4 Å². The molecule has 1 aromatic heterocycles. The zero-order chi connectivity index (χ0) is 19.9. The van der Waals surface area contributed by atoms with Crippen molar-refractivity contribution in [3.63, 3.8) is 0 Å². The molecule has 28 heavy (non-hydrogen) atoms. The fourth-order valence-electron chi connectivity index (χ4n) is 2.37. The molecule has 1 atom stereocenters. The van der Waals surface area contributed by atoms with Gasteiger partial charge in [0.05, 0.1) is 12.3 Å². The van der Waals surface area contributed by atoms with E-state index >= 15 is 0 Å². The lowest BCUT2D eigenvalue weighted by atomic mass is 10.1. The summed E-state index contributed by atoms with van der Waals surface area (Å²) in [5, 5.41) is 8.54. The minimum atomic E-state index is -0.921. The van der Waals surface area contributed by atoms with Gasteiger partial charge in [-0.3, -0.25) is 4.79 Å². The molecule has 0 fully saturated rings. The highest BCUT2D eigenvalue weighted by atomic mass is 32.1. The Labute approximate surface area is 166 Å². The second kappa shape index (κ2) is 9.23. The van der Waals surface area contributed by atoms with Crippen molar-refractivity contribution in [2.45, 2.75) is 26.5 Å². The van der Waals surface area contributed by atoms with Crippen LogP contribution in [-0.2, 0) is 25.7 Å². The van der Waals surface area contributed by atoms with E-state index < -0.39 is 18.7 Å². The number of nitrogens with one attached hydrogen (secondary N) is 1. The molecular weight excluding hydrogens is 384 g/mol. The van der Waals surface area contributed by atoms with Crippen LogP contribution >= 0.6 is 11.3 Å². The maximum absolute atomic E-state index is 12.0. The first-order chi connectivity index (χ1) is 13.5. The van der Waals surface area contributed by atoms with Gasteiger partial charge in [-0.1, -0.05) is 11.2 Å². The molecule has 148 valence electrons. The molecule has 1 aliphatic rings. The molecule has 0 saturated heterocycles. The summed E-state index contributed by atoms with van der Waals surface area (Å²) in [6.07, 6.45) is -0.921. The van der Waals surface area contributed by atoms with E-state index in [1.54, 1.807) is 19.1 Å². The van der Waals surface area contributed by atoms with Crippen molar-refractivity contribution in [3.8, 4) is 11.5 Å². The van der Waals surface area contributed by atoms with Gasteiger partial charge >= 0.3 is 5.97 Å². The van der Waals surface area contributed by atoms with E-state index in [-0.39, 0.29) is 12.7 Å². The van der Waals surface area contributed by atoms with Crippen LogP contribution in [0.4, 0.5) is 0 Å². The number of oxime groups is 1. The number of esters is 1. The van der Waals surface area contributed by atoms with Crippen LogP contribution in [0.25, 0.3) is 0 Å². The molecule has 0 spiro atoms. The maximum atomic E-state index is 12.0. The molecule has 2 heterocycles. The third kappa shape index (κ3) is 5.23. The molecule has 3 rings (SSSR count). The molecule has 0 saturated carbocycles. The Morgan fingerprint density at radius 2 is 2.11 bits per heavy atom. The molecular formula is C19H20N2O6S. The van der Waals surface area contributed by atoms with Gasteiger partial charge in [0.15, 0.2) is 17.6 Å². The maximum Gasteiger partial charge on any atom is 0.347 e. The molecule has 1 unspecified atom stereocenters. The molecule has 0 aliphatic carbocycles. The number of carbonyl (C=O) groups is 2. The van der Waals surface area contributed by atoms with Gasteiger partial charge in [-0.15, -0.1) is 11.3 Å². The Morgan fingerprint density at radius 1 is 1.29 bits per heavy atom. The number of fused-ring (bicyclic) bond motifs is 1. The standard InChI is InChI=1S/C19H20N2O6S/c1-12(14-5-6-16-17(8-14)25-11-24-16)21-26-10-18(22)27-13(2)19(23)20-9-15-4-3-7-28-15/h3-8,13H,9-11H2,1-2H3,(H,20,23)/b21-12+. The van der Waals surface area contributed by atoms with Crippen LogP contribution in [0.15, 0.2) is 40.9 Å². The SMILES string of the molecule is C/C(=N\OCC(=O)OC(C)C(=O)NCc1cccs1)c1ccc2c(c1)OCO2. The van der Waals surface area contributed by atoms with Gasteiger partial charge in [0.25, 0.3) is 5.91 Å². The number of nitrogens with zero attached hydrogens (tertiary/aromatic N) is 1. The second-order valence-electron chi connectivity index (χ2n) is 5.95. The van der Waals surface area contributed by atoms with Crippen molar-refractivity contribution in [1.29, 1.82) is 0 Å². The largest absolute Gasteiger partial charge is 0.454 e. The molecule has 0 radical (unpaired) electrons. The monoisotopic (exact) mass is 404 g/mol. The van der Waals surface area contributed by atoms with Crippen LogP contribution in [0, 0.1) is 0 Å². The predicted molar refractivity (Wildman–Crippen MR) is 102 cm³/mol. The molecule has 1 amide bonds. The van der Waals surface area contributed by atoms with Crippen LogP contribution in [0.2, 0.25) is 0 Å². The van der Waals surface area contributed by atoms with Gasteiger partial charge in [0, 0.05) is 10.4 Å². The Kier molecular flexibility index (Phi) is 6.49. The Hall–Kier alpha value is -3.07. The molecule has 2 aromatic rings. The summed E-state index contributed by atoms with van der Waals surface area (Å²) in [7, 11) is 0. The van der Waals surface area contributed by atoms with Gasteiger partial charge in [-0.25, -0.2) is 4.79 Å². The number of hydrogen-bond donors (Lipinski definition) is 1. The predicted octanol–water partition coefficient (Wildman–Crippen LogP) is 2.47. The van der Waals surface area contributed by atoms with Gasteiger partial charge in [-0.2, -0.15) is 0 Å². The third-order valence-electron chi connectivity index (χ3n) is 3.87. The highest BCUT2D eigenvalue weighted by molar-refractivity contribution is 7.09. The summed E-state index contributed by atoms with van der Waals surface area (Å²) in [4.78, 5) is 29.8. The Balaban J connectivity index is 1.41. The molecule has 0 bridgehead atoms. The summed E-state index contributed by atoms with van der Waals surface area (Å²) in [5.74, 6) is 0.254.